The van der Waals surface area contributed by atoms with Gasteiger partial charge >= 0.3 is 5.97 Å². The molecule has 3 fully saturated rings. The van der Waals surface area contributed by atoms with E-state index in [0.717, 1.165) is 25.0 Å². The molecule has 1 aromatic carbocycles. The first kappa shape index (κ1) is 40.3. The highest BCUT2D eigenvalue weighted by molar-refractivity contribution is 7.91. The molecule has 2 aliphatic carbocycles. The van der Waals surface area contributed by atoms with Gasteiger partial charge in [-0.15, -0.1) is 0 Å². The molecule has 56 heavy (non-hydrogen) atoms. The summed E-state index contributed by atoms with van der Waals surface area (Å²) in [5, 5.41) is 0.420. The van der Waals surface area contributed by atoms with Crippen molar-refractivity contribution in [2.45, 2.75) is 134 Å². The van der Waals surface area contributed by atoms with Gasteiger partial charge in [-0.3, -0.25) is 23.9 Å². The molecule has 2 aromatic rings. The second-order valence-corrected chi connectivity index (χ2v) is 20.6. The van der Waals surface area contributed by atoms with E-state index >= 15 is 0 Å². The highest BCUT2D eigenvalue weighted by Crippen LogP contribution is 2.58. The number of pyridine rings is 1. The summed E-state index contributed by atoms with van der Waals surface area (Å²) in [6.45, 7) is 9.33. The molecule has 0 radical (unpaired) electrons. The van der Waals surface area contributed by atoms with Gasteiger partial charge in [0.15, 0.2) is 17.4 Å². The van der Waals surface area contributed by atoms with Crippen molar-refractivity contribution in [3.8, 4) is 5.75 Å². The lowest BCUT2D eigenvalue weighted by Gasteiger charge is -2.36. The first-order valence-corrected chi connectivity index (χ1v) is 21.4. The molecule has 5 aliphatic rings. The van der Waals surface area contributed by atoms with Gasteiger partial charge in [-0.25, -0.2) is 22.2 Å². The van der Waals surface area contributed by atoms with Crippen LogP contribution in [0, 0.1) is 41.2 Å². The van der Waals surface area contributed by atoms with E-state index in [9.17, 15) is 36.4 Å². The molecule has 14 heteroatoms. The summed E-state index contributed by atoms with van der Waals surface area (Å²) in [5.74, 6) is -4.73. The standard InChI is InChI=1S/C42H53F2N3O8S/c1-25-36-28(29-18-30(43)31(44)19-32(29)45-25)13-14-41(55-36)21-33-34(48)22-42(38(51)46-56(52,53)40(5)15-16-40)20-27(42)12-10-8-6-7-9-11-26(37(50)47(33)23-41)17-35(49)54-24-39(2,3)4/h10,12,18-19,26-27,33H,6-9,11,13-17,20-24H2,1-5H3,(H,46,51)/b12-10-/t26-,27-,33+,41-,42-/m1/s1. The average Bonchev–Trinajstić information content (AvgIpc) is 4.01. The Kier molecular flexibility index (Phi) is 10.4. The highest BCUT2D eigenvalue weighted by Gasteiger charge is 2.63. The zero-order valence-electron chi connectivity index (χ0n) is 33.0. The van der Waals surface area contributed by atoms with E-state index in [0.29, 0.717) is 79.3 Å². The number of nitrogens with one attached hydrogen (secondary N) is 1. The van der Waals surface area contributed by atoms with Crippen LogP contribution in [-0.2, 0) is 40.4 Å². The molecule has 1 aromatic heterocycles. The Morgan fingerprint density at radius 2 is 1.80 bits per heavy atom. The molecule has 7 rings (SSSR count). The Labute approximate surface area is 327 Å². The number of fused-ring (bicyclic) bond motifs is 5. The van der Waals surface area contributed by atoms with Crippen LogP contribution >= 0.6 is 0 Å². The van der Waals surface area contributed by atoms with Crippen LogP contribution in [0.5, 0.6) is 5.75 Å². The number of halogens is 2. The van der Waals surface area contributed by atoms with Gasteiger partial charge in [-0.05, 0) is 82.6 Å². The molecule has 1 N–H and O–H groups in total. The Morgan fingerprint density at radius 3 is 2.52 bits per heavy atom. The quantitative estimate of drug-likeness (QED) is 0.253. The van der Waals surface area contributed by atoms with Crippen molar-refractivity contribution < 1.29 is 45.9 Å². The van der Waals surface area contributed by atoms with Crippen molar-refractivity contribution in [1.29, 1.82) is 0 Å². The van der Waals surface area contributed by atoms with Crippen LogP contribution in [0.1, 0.15) is 116 Å². The molecule has 3 aliphatic heterocycles. The number of ketones is 1. The Balaban J connectivity index is 1.23. The number of hydrogen-bond donors (Lipinski definition) is 1. The topological polar surface area (TPSA) is 149 Å². The van der Waals surface area contributed by atoms with E-state index < -0.39 is 61.3 Å². The maximum atomic E-state index is 14.8. The molecule has 0 unspecified atom stereocenters. The summed E-state index contributed by atoms with van der Waals surface area (Å²) >= 11 is 0. The maximum absolute atomic E-state index is 14.8. The third-order valence-corrected chi connectivity index (χ3v) is 14.7. The maximum Gasteiger partial charge on any atom is 0.306 e. The van der Waals surface area contributed by atoms with E-state index in [4.69, 9.17) is 9.47 Å². The van der Waals surface area contributed by atoms with Crippen molar-refractivity contribution >= 4 is 44.5 Å². The zero-order valence-corrected chi connectivity index (χ0v) is 33.8. The normalized spacial score (nSPS) is 29.6. The molecule has 11 nitrogen and oxygen atoms in total. The average molecular weight is 798 g/mol. The Hall–Kier alpha value is -3.94. The van der Waals surface area contributed by atoms with Gasteiger partial charge in [-0.2, -0.15) is 0 Å². The molecule has 304 valence electrons. The van der Waals surface area contributed by atoms with Crippen molar-refractivity contribution in [3.63, 3.8) is 0 Å². The summed E-state index contributed by atoms with van der Waals surface area (Å²) in [6.07, 6.45) is 8.82. The second kappa shape index (κ2) is 14.5. The molecule has 0 bridgehead atoms. The monoisotopic (exact) mass is 797 g/mol. The van der Waals surface area contributed by atoms with E-state index in [1.165, 1.54) is 4.90 Å². The largest absolute Gasteiger partial charge is 0.483 e. The summed E-state index contributed by atoms with van der Waals surface area (Å²) in [7, 11) is -3.98. The third kappa shape index (κ3) is 7.83. The van der Waals surface area contributed by atoms with Crippen LogP contribution in [-0.4, -0.2) is 71.4 Å². The number of esters is 1. The van der Waals surface area contributed by atoms with Gasteiger partial charge < -0.3 is 14.4 Å². The smallest absolute Gasteiger partial charge is 0.306 e. The molecule has 2 saturated carbocycles. The highest BCUT2D eigenvalue weighted by atomic mass is 32.2. The third-order valence-electron chi connectivity index (χ3n) is 12.6. The Morgan fingerprint density at radius 1 is 1.07 bits per heavy atom. The fourth-order valence-electron chi connectivity index (χ4n) is 8.71. The predicted molar refractivity (Wildman–Crippen MR) is 204 cm³/mol. The van der Waals surface area contributed by atoms with Crippen LogP contribution in [0.4, 0.5) is 8.78 Å². The van der Waals surface area contributed by atoms with Gasteiger partial charge in [0, 0.05) is 35.8 Å². The lowest BCUT2D eigenvalue weighted by atomic mass is 9.85. The number of hydrogen-bond acceptors (Lipinski definition) is 9. The minimum atomic E-state index is -3.98. The van der Waals surface area contributed by atoms with E-state index in [-0.39, 0.29) is 55.4 Å². The minimum absolute atomic E-state index is 0.0136. The van der Waals surface area contributed by atoms with Crippen molar-refractivity contribution in [2.75, 3.05) is 13.2 Å². The number of carbonyl (C=O) groups is 4. The van der Waals surface area contributed by atoms with Crippen LogP contribution < -0.4 is 9.46 Å². The van der Waals surface area contributed by atoms with E-state index in [2.05, 4.69) is 9.71 Å². The number of rotatable bonds is 6. The fraction of sp³-hybridized carbons (Fsp3) is 0.643. The summed E-state index contributed by atoms with van der Waals surface area (Å²) < 4.78 is 68.7. The Bertz CT molecular complexity index is 2110. The zero-order chi connectivity index (χ0) is 40.4. The van der Waals surface area contributed by atoms with E-state index in [1.54, 1.807) is 13.8 Å². The molecular weight excluding hydrogens is 745 g/mol. The molecule has 1 saturated heterocycles. The SMILES string of the molecule is Cc1nc2cc(F)c(F)cc2c2c1O[C@]1(CC2)C[C@H]2C(=O)C[C@]3(C(=O)NS(=O)(=O)C4(C)CC4)C[C@H]3/C=C\CCCCC[C@H](CC(=O)OCC(C)(C)C)C(=O)N2C1. The molecule has 5 atom stereocenters. The number of allylic oxidation sites excluding steroid dienone is 2. The number of nitrogens with zero attached hydrogens (tertiary/aromatic N) is 2. The fourth-order valence-corrected chi connectivity index (χ4v) is 10.0. The first-order valence-electron chi connectivity index (χ1n) is 20.0. The van der Waals surface area contributed by atoms with Crippen molar-refractivity contribution in [3.05, 3.63) is 47.2 Å². The predicted octanol–water partition coefficient (Wildman–Crippen LogP) is 6.57. The minimum Gasteiger partial charge on any atom is -0.483 e. The molecule has 2 amide bonds. The summed E-state index contributed by atoms with van der Waals surface area (Å²) in [6, 6.07) is 1.14. The van der Waals surface area contributed by atoms with E-state index in [1.807, 2.05) is 32.9 Å². The number of benzene rings is 1. The van der Waals surface area contributed by atoms with Gasteiger partial charge in [-0.1, -0.05) is 45.8 Å². The molecular formula is C42H53F2N3O8S. The number of sulfonamides is 1. The van der Waals surface area contributed by atoms with Crippen molar-refractivity contribution in [2.24, 2.45) is 22.7 Å². The number of amides is 2. The number of aryl methyl sites for hydroxylation is 2. The van der Waals surface area contributed by atoms with Gasteiger partial charge in [0.1, 0.15) is 11.4 Å². The van der Waals surface area contributed by atoms with Crippen LogP contribution in [0.25, 0.3) is 10.9 Å². The van der Waals surface area contributed by atoms with Crippen LogP contribution in [0.15, 0.2) is 24.3 Å². The number of aromatic nitrogens is 1. The van der Waals surface area contributed by atoms with Gasteiger partial charge in [0.05, 0.1) is 47.0 Å². The lowest BCUT2D eigenvalue weighted by Crippen LogP contribution is -2.48. The number of Topliss-reactive ketones (excluding diaryl/α,β-unsaturated/α-hetero) is 1. The number of carbonyl (C=O) groups excluding carboxylic acids is 4. The lowest BCUT2D eigenvalue weighted by molar-refractivity contribution is -0.152. The van der Waals surface area contributed by atoms with Crippen LogP contribution in [0.2, 0.25) is 0 Å². The van der Waals surface area contributed by atoms with Gasteiger partial charge in [0.2, 0.25) is 21.8 Å². The van der Waals surface area contributed by atoms with Crippen LogP contribution in [0.3, 0.4) is 0 Å². The summed E-state index contributed by atoms with van der Waals surface area (Å²) in [4.78, 5) is 62.7. The summed E-state index contributed by atoms with van der Waals surface area (Å²) in [5.41, 5.74) is -1.24. The second-order valence-electron chi connectivity index (χ2n) is 18.4. The first-order chi connectivity index (χ1) is 26.3. The number of ether oxygens (including phenoxy) is 2. The molecule has 1 spiro atoms. The van der Waals surface area contributed by atoms with Crippen molar-refractivity contribution in [1.82, 2.24) is 14.6 Å². The van der Waals surface area contributed by atoms with Gasteiger partial charge in [0.25, 0.3) is 0 Å². The molecule has 4 heterocycles.